The van der Waals surface area contributed by atoms with Gasteiger partial charge in [-0.15, -0.1) is 0 Å². The molecule has 0 saturated heterocycles. The molecule has 4 nitrogen and oxygen atoms in total. The van der Waals surface area contributed by atoms with Gasteiger partial charge in [0.1, 0.15) is 11.6 Å². The number of aliphatic imine (C=N–C) groups is 1. The summed E-state index contributed by atoms with van der Waals surface area (Å²) >= 11 is 0. The molecule has 1 saturated carbocycles. The van der Waals surface area contributed by atoms with Gasteiger partial charge >= 0.3 is 0 Å². The quantitative estimate of drug-likeness (QED) is 0.457. The molecule has 2 rings (SSSR count). The monoisotopic (exact) mass is 279 g/mol. The topological polar surface area (TPSA) is 45.7 Å². The van der Waals surface area contributed by atoms with Crippen LogP contribution in [0.2, 0.25) is 0 Å². The minimum absolute atomic E-state index is 0.246. The predicted octanol–water partition coefficient (Wildman–Crippen LogP) is 2.17. The first-order chi connectivity index (χ1) is 9.78. The summed E-state index contributed by atoms with van der Waals surface area (Å²) in [6, 6.07) is 6.08. The Morgan fingerprint density at radius 3 is 2.70 bits per heavy atom. The van der Waals surface area contributed by atoms with Gasteiger partial charge in [0.15, 0.2) is 5.96 Å². The van der Waals surface area contributed by atoms with Crippen molar-refractivity contribution < 1.29 is 9.13 Å². The third-order valence-electron chi connectivity index (χ3n) is 3.17. The first-order valence-electron chi connectivity index (χ1n) is 7.11. The molecule has 20 heavy (non-hydrogen) atoms. The Hall–Kier alpha value is -1.78. The average Bonchev–Trinajstić information content (AvgIpc) is 3.28. The molecule has 0 bridgehead atoms. The number of nitrogens with zero attached hydrogens (tertiary/aromatic N) is 1. The maximum atomic E-state index is 12.7. The molecular formula is C15H22FN3O. The lowest BCUT2D eigenvalue weighted by Crippen LogP contribution is -2.39. The molecule has 0 amide bonds. The van der Waals surface area contributed by atoms with Crippen molar-refractivity contribution >= 4 is 5.96 Å². The summed E-state index contributed by atoms with van der Waals surface area (Å²) in [5.41, 5.74) is 0. The van der Waals surface area contributed by atoms with E-state index < -0.39 is 0 Å². The third kappa shape index (κ3) is 5.47. The zero-order chi connectivity index (χ0) is 14.2. The van der Waals surface area contributed by atoms with Crippen LogP contribution in [0.25, 0.3) is 0 Å². The van der Waals surface area contributed by atoms with E-state index >= 15 is 0 Å². The smallest absolute Gasteiger partial charge is 0.190 e. The van der Waals surface area contributed by atoms with Crippen LogP contribution in [0.1, 0.15) is 19.3 Å². The predicted molar refractivity (Wildman–Crippen MR) is 78.6 cm³/mol. The van der Waals surface area contributed by atoms with E-state index in [0.717, 1.165) is 31.4 Å². The van der Waals surface area contributed by atoms with E-state index in [0.29, 0.717) is 12.4 Å². The number of nitrogens with one attached hydrogen (secondary N) is 2. The first kappa shape index (κ1) is 14.6. The van der Waals surface area contributed by atoms with Crippen molar-refractivity contribution in [1.29, 1.82) is 0 Å². The Morgan fingerprint density at radius 2 is 2.05 bits per heavy atom. The summed E-state index contributed by atoms with van der Waals surface area (Å²) in [5, 5.41) is 6.55. The molecule has 110 valence electrons. The number of halogens is 1. The van der Waals surface area contributed by atoms with Crippen LogP contribution in [0.4, 0.5) is 4.39 Å². The van der Waals surface area contributed by atoms with Crippen molar-refractivity contribution in [2.24, 2.45) is 10.9 Å². The molecule has 1 aromatic carbocycles. The molecule has 1 aliphatic carbocycles. The van der Waals surface area contributed by atoms with E-state index in [-0.39, 0.29) is 5.82 Å². The van der Waals surface area contributed by atoms with Crippen LogP contribution in [-0.4, -0.2) is 32.7 Å². The van der Waals surface area contributed by atoms with Crippen LogP contribution in [0.5, 0.6) is 5.75 Å². The van der Waals surface area contributed by atoms with E-state index in [9.17, 15) is 4.39 Å². The van der Waals surface area contributed by atoms with E-state index in [1.54, 1.807) is 19.2 Å². The number of hydrogen-bond donors (Lipinski definition) is 2. The Bertz CT molecular complexity index is 429. The van der Waals surface area contributed by atoms with Crippen LogP contribution in [0.15, 0.2) is 29.3 Å². The molecule has 1 fully saturated rings. The summed E-state index contributed by atoms with van der Waals surface area (Å²) in [6.45, 7) is 2.40. The lowest BCUT2D eigenvalue weighted by Gasteiger charge is -2.11. The van der Waals surface area contributed by atoms with E-state index in [1.165, 1.54) is 25.0 Å². The van der Waals surface area contributed by atoms with Gasteiger partial charge in [-0.2, -0.15) is 0 Å². The number of guanidine groups is 1. The van der Waals surface area contributed by atoms with Crippen molar-refractivity contribution in [1.82, 2.24) is 10.6 Å². The van der Waals surface area contributed by atoms with Crippen molar-refractivity contribution in [3.63, 3.8) is 0 Å². The second-order valence-electron chi connectivity index (χ2n) is 4.98. The molecule has 2 N–H and O–H groups in total. The molecule has 0 aliphatic heterocycles. The highest BCUT2D eigenvalue weighted by Crippen LogP contribution is 2.27. The first-order valence-corrected chi connectivity index (χ1v) is 7.11. The van der Waals surface area contributed by atoms with Crippen molar-refractivity contribution in [2.45, 2.75) is 19.3 Å². The Morgan fingerprint density at radius 1 is 1.30 bits per heavy atom. The lowest BCUT2D eigenvalue weighted by molar-refractivity contribution is 0.310. The zero-order valence-electron chi connectivity index (χ0n) is 11.9. The van der Waals surface area contributed by atoms with Gasteiger partial charge < -0.3 is 15.4 Å². The summed E-state index contributed by atoms with van der Waals surface area (Å²) < 4.78 is 18.2. The van der Waals surface area contributed by atoms with Gasteiger partial charge in [-0.3, -0.25) is 4.99 Å². The van der Waals surface area contributed by atoms with Gasteiger partial charge in [-0.1, -0.05) is 0 Å². The van der Waals surface area contributed by atoms with Crippen LogP contribution in [-0.2, 0) is 0 Å². The minimum Gasteiger partial charge on any atom is -0.494 e. The summed E-state index contributed by atoms with van der Waals surface area (Å²) in [7, 11) is 1.78. The molecule has 0 aromatic heterocycles. The zero-order valence-corrected chi connectivity index (χ0v) is 11.9. The summed E-state index contributed by atoms with van der Waals surface area (Å²) in [4.78, 5) is 4.17. The molecule has 1 aliphatic rings. The van der Waals surface area contributed by atoms with Crippen LogP contribution in [0, 0.1) is 11.7 Å². The van der Waals surface area contributed by atoms with Crippen molar-refractivity contribution in [3.05, 3.63) is 30.1 Å². The Labute approximate surface area is 119 Å². The molecule has 0 heterocycles. The lowest BCUT2D eigenvalue weighted by atomic mass is 10.3. The molecular weight excluding hydrogens is 257 g/mol. The van der Waals surface area contributed by atoms with Crippen molar-refractivity contribution in [3.8, 4) is 5.75 Å². The van der Waals surface area contributed by atoms with Gasteiger partial charge in [0.2, 0.25) is 0 Å². The van der Waals surface area contributed by atoms with Gasteiger partial charge in [0.25, 0.3) is 0 Å². The second kappa shape index (κ2) is 7.72. The highest BCUT2D eigenvalue weighted by molar-refractivity contribution is 5.79. The molecule has 0 unspecified atom stereocenters. The molecule has 1 aromatic rings. The SMILES string of the molecule is CN=C(NCCCOc1ccc(F)cc1)NCC1CC1. The average molecular weight is 279 g/mol. The van der Waals surface area contributed by atoms with Crippen LogP contribution >= 0.6 is 0 Å². The van der Waals surface area contributed by atoms with Gasteiger partial charge in [0.05, 0.1) is 6.61 Å². The minimum atomic E-state index is -0.246. The largest absolute Gasteiger partial charge is 0.494 e. The molecule has 5 heteroatoms. The number of ether oxygens (including phenoxy) is 1. The highest BCUT2D eigenvalue weighted by atomic mass is 19.1. The van der Waals surface area contributed by atoms with Crippen LogP contribution in [0.3, 0.4) is 0 Å². The summed E-state index contributed by atoms with van der Waals surface area (Å²) in [5.74, 6) is 2.13. The fourth-order valence-electron chi connectivity index (χ4n) is 1.78. The van der Waals surface area contributed by atoms with Crippen molar-refractivity contribution in [2.75, 3.05) is 26.7 Å². The van der Waals surface area contributed by atoms with Gasteiger partial charge in [-0.05, 0) is 49.4 Å². The van der Waals surface area contributed by atoms with Gasteiger partial charge in [0, 0.05) is 20.1 Å². The maximum absolute atomic E-state index is 12.7. The molecule has 0 radical (unpaired) electrons. The van der Waals surface area contributed by atoms with E-state index in [4.69, 9.17) is 4.74 Å². The van der Waals surface area contributed by atoms with Crippen LogP contribution < -0.4 is 15.4 Å². The fourth-order valence-corrected chi connectivity index (χ4v) is 1.78. The summed E-state index contributed by atoms with van der Waals surface area (Å²) in [6.07, 6.45) is 3.52. The standard InChI is InChI=1S/C15H22FN3O/c1-17-15(19-11-12-3-4-12)18-9-2-10-20-14-7-5-13(16)6-8-14/h5-8,12H,2-4,9-11H2,1H3,(H2,17,18,19). The number of benzene rings is 1. The second-order valence-corrected chi connectivity index (χ2v) is 4.98. The normalized spacial score (nSPS) is 15.0. The number of hydrogen-bond acceptors (Lipinski definition) is 2. The third-order valence-corrected chi connectivity index (χ3v) is 3.17. The highest BCUT2D eigenvalue weighted by Gasteiger charge is 2.20. The Balaban J connectivity index is 1.54. The molecule has 0 spiro atoms. The fraction of sp³-hybridized carbons (Fsp3) is 0.533. The van der Waals surface area contributed by atoms with E-state index in [2.05, 4.69) is 15.6 Å². The Kier molecular flexibility index (Phi) is 5.65. The van der Waals surface area contributed by atoms with E-state index in [1.807, 2.05) is 0 Å². The maximum Gasteiger partial charge on any atom is 0.190 e. The van der Waals surface area contributed by atoms with Gasteiger partial charge in [-0.25, -0.2) is 4.39 Å². The molecule has 0 atom stereocenters. The number of rotatable bonds is 7.